The number of hydrogen-bond donors (Lipinski definition) is 2. The Morgan fingerprint density at radius 3 is 2.78 bits per heavy atom. The first-order valence-electron chi connectivity index (χ1n) is 8.12. The Labute approximate surface area is 156 Å². The van der Waals surface area contributed by atoms with Crippen molar-refractivity contribution in [1.29, 1.82) is 0 Å². The number of rotatable bonds is 7. The van der Waals surface area contributed by atoms with Gasteiger partial charge in [-0.05, 0) is 40.8 Å². The minimum atomic E-state index is -3.88. The molecule has 8 heteroatoms. The second kappa shape index (κ2) is 7.83. The number of pyridine rings is 1. The first-order valence-corrected chi connectivity index (χ1v) is 9.61. The van der Waals surface area contributed by atoms with Gasteiger partial charge in [-0.3, -0.25) is 4.98 Å². The van der Waals surface area contributed by atoms with E-state index in [0.717, 1.165) is 22.4 Å². The average molecular weight is 386 g/mol. The van der Waals surface area contributed by atoms with E-state index in [-0.39, 0.29) is 23.6 Å². The standard InChI is InChI=1S/C19H18N2O5S/c1-26-8-7-21-27(24,25)16-10-14(9-15(11-16)19(22)23)17-4-2-3-13-12-20-6-5-18(13)17/h2-6,9-12,21H,7-8H2,1H3,(H,22,23). The Morgan fingerprint density at radius 1 is 1.22 bits per heavy atom. The monoisotopic (exact) mass is 386 g/mol. The Balaban J connectivity index is 2.16. The molecule has 0 radical (unpaired) electrons. The van der Waals surface area contributed by atoms with Crippen LogP contribution < -0.4 is 4.72 Å². The van der Waals surface area contributed by atoms with Crippen LogP contribution in [0.4, 0.5) is 0 Å². The third kappa shape index (κ3) is 4.13. The summed E-state index contributed by atoms with van der Waals surface area (Å²) in [5.74, 6) is -1.20. The highest BCUT2D eigenvalue weighted by molar-refractivity contribution is 7.89. The van der Waals surface area contributed by atoms with Gasteiger partial charge in [0.1, 0.15) is 0 Å². The molecule has 0 aliphatic heterocycles. The SMILES string of the molecule is COCCNS(=O)(=O)c1cc(C(=O)O)cc(-c2cccc3cnccc23)c1. The minimum absolute atomic E-state index is 0.0887. The van der Waals surface area contributed by atoms with Gasteiger partial charge in [0.05, 0.1) is 17.1 Å². The van der Waals surface area contributed by atoms with Gasteiger partial charge in [-0.25, -0.2) is 17.9 Å². The minimum Gasteiger partial charge on any atom is -0.478 e. The Morgan fingerprint density at radius 2 is 2.04 bits per heavy atom. The Kier molecular flexibility index (Phi) is 5.50. The topological polar surface area (TPSA) is 106 Å². The maximum absolute atomic E-state index is 12.6. The molecule has 0 atom stereocenters. The molecule has 1 aromatic heterocycles. The maximum atomic E-state index is 12.6. The van der Waals surface area contributed by atoms with Gasteiger partial charge in [-0.15, -0.1) is 0 Å². The third-order valence-corrected chi connectivity index (χ3v) is 5.49. The number of nitrogens with one attached hydrogen (secondary N) is 1. The molecule has 7 nitrogen and oxygen atoms in total. The number of nitrogens with zero attached hydrogens (tertiary/aromatic N) is 1. The van der Waals surface area contributed by atoms with E-state index in [1.807, 2.05) is 24.3 Å². The van der Waals surface area contributed by atoms with Crippen LogP contribution in [0.5, 0.6) is 0 Å². The fraction of sp³-hybridized carbons (Fsp3) is 0.158. The smallest absolute Gasteiger partial charge is 0.335 e. The molecule has 0 bridgehead atoms. The van der Waals surface area contributed by atoms with Gasteiger partial charge in [-0.1, -0.05) is 18.2 Å². The van der Waals surface area contributed by atoms with Crippen molar-refractivity contribution in [1.82, 2.24) is 9.71 Å². The molecule has 0 spiro atoms. The Hall–Kier alpha value is -2.81. The number of benzene rings is 2. The van der Waals surface area contributed by atoms with E-state index in [1.54, 1.807) is 12.4 Å². The van der Waals surface area contributed by atoms with E-state index in [0.29, 0.717) is 5.56 Å². The average Bonchev–Trinajstić information content (AvgIpc) is 2.67. The van der Waals surface area contributed by atoms with Crippen molar-refractivity contribution in [2.75, 3.05) is 20.3 Å². The number of carbonyl (C=O) groups is 1. The van der Waals surface area contributed by atoms with Gasteiger partial charge < -0.3 is 9.84 Å². The number of ether oxygens (including phenoxy) is 1. The van der Waals surface area contributed by atoms with Gasteiger partial charge in [0.2, 0.25) is 10.0 Å². The highest BCUT2D eigenvalue weighted by Crippen LogP contribution is 2.30. The summed E-state index contributed by atoms with van der Waals surface area (Å²) in [5.41, 5.74) is 1.12. The summed E-state index contributed by atoms with van der Waals surface area (Å²) in [4.78, 5) is 15.5. The number of fused-ring (bicyclic) bond motifs is 1. The van der Waals surface area contributed by atoms with E-state index in [9.17, 15) is 18.3 Å². The zero-order valence-corrected chi connectivity index (χ0v) is 15.4. The number of carboxylic acid groups (broad SMARTS) is 1. The second-order valence-electron chi connectivity index (χ2n) is 5.84. The van der Waals surface area contributed by atoms with Crippen molar-refractivity contribution in [3.8, 4) is 11.1 Å². The number of aromatic carboxylic acids is 1. The van der Waals surface area contributed by atoms with Gasteiger partial charge in [0.15, 0.2) is 0 Å². The molecule has 27 heavy (non-hydrogen) atoms. The molecule has 0 amide bonds. The molecule has 2 aromatic carbocycles. The Bertz CT molecular complexity index is 1090. The predicted octanol–water partition coefficient (Wildman–Crippen LogP) is 2.52. The van der Waals surface area contributed by atoms with Gasteiger partial charge in [0.25, 0.3) is 0 Å². The van der Waals surface area contributed by atoms with Crippen LogP contribution >= 0.6 is 0 Å². The van der Waals surface area contributed by atoms with Crippen LogP contribution in [0.1, 0.15) is 10.4 Å². The zero-order chi connectivity index (χ0) is 19.4. The summed E-state index contributed by atoms with van der Waals surface area (Å²) < 4.78 is 32.4. The van der Waals surface area contributed by atoms with Gasteiger partial charge in [-0.2, -0.15) is 0 Å². The van der Waals surface area contributed by atoms with Crippen LogP contribution in [0.3, 0.4) is 0 Å². The van der Waals surface area contributed by atoms with Crippen molar-refractivity contribution in [2.45, 2.75) is 4.90 Å². The molecule has 0 fully saturated rings. The van der Waals surface area contributed by atoms with Crippen molar-refractivity contribution in [2.24, 2.45) is 0 Å². The van der Waals surface area contributed by atoms with Gasteiger partial charge >= 0.3 is 5.97 Å². The van der Waals surface area contributed by atoms with E-state index < -0.39 is 16.0 Å². The predicted molar refractivity (Wildman–Crippen MR) is 101 cm³/mol. The fourth-order valence-electron chi connectivity index (χ4n) is 2.77. The molecule has 3 rings (SSSR count). The molecule has 0 aliphatic carbocycles. The number of carboxylic acids is 1. The van der Waals surface area contributed by atoms with Crippen molar-refractivity contribution in [3.05, 3.63) is 60.4 Å². The van der Waals surface area contributed by atoms with Crippen molar-refractivity contribution < 1.29 is 23.1 Å². The molecule has 0 aliphatic rings. The highest BCUT2D eigenvalue weighted by atomic mass is 32.2. The molecule has 3 aromatic rings. The fourth-order valence-corrected chi connectivity index (χ4v) is 3.85. The number of sulfonamides is 1. The van der Waals surface area contributed by atoms with Crippen molar-refractivity contribution in [3.63, 3.8) is 0 Å². The zero-order valence-electron chi connectivity index (χ0n) is 14.5. The molecular weight excluding hydrogens is 368 g/mol. The lowest BCUT2D eigenvalue weighted by molar-refractivity contribution is 0.0696. The lowest BCUT2D eigenvalue weighted by Gasteiger charge is -2.12. The molecular formula is C19H18N2O5S. The molecule has 0 saturated carbocycles. The van der Waals surface area contributed by atoms with Crippen LogP contribution in [-0.4, -0.2) is 44.7 Å². The molecule has 140 valence electrons. The van der Waals surface area contributed by atoms with Crippen molar-refractivity contribution >= 4 is 26.8 Å². The third-order valence-electron chi connectivity index (χ3n) is 4.05. The second-order valence-corrected chi connectivity index (χ2v) is 7.61. The lowest BCUT2D eigenvalue weighted by atomic mass is 9.98. The van der Waals surface area contributed by atoms with Gasteiger partial charge in [0, 0.05) is 31.4 Å². The highest BCUT2D eigenvalue weighted by Gasteiger charge is 2.19. The van der Waals surface area contributed by atoms with Crippen LogP contribution in [0.15, 0.2) is 59.8 Å². The number of hydrogen-bond acceptors (Lipinski definition) is 5. The summed E-state index contributed by atoms with van der Waals surface area (Å²) in [7, 11) is -2.41. The van der Waals surface area contributed by atoms with Crippen LogP contribution in [0.25, 0.3) is 21.9 Å². The largest absolute Gasteiger partial charge is 0.478 e. The van der Waals surface area contributed by atoms with E-state index in [1.165, 1.54) is 19.2 Å². The van der Waals surface area contributed by atoms with E-state index in [2.05, 4.69) is 9.71 Å². The summed E-state index contributed by atoms with van der Waals surface area (Å²) in [5, 5.41) is 11.2. The summed E-state index contributed by atoms with van der Waals surface area (Å²) in [6.45, 7) is 0.298. The van der Waals surface area contributed by atoms with Crippen LogP contribution in [0.2, 0.25) is 0 Å². The first-order chi connectivity index (χ1) is 12.9. The van der Waals surface area contributed by atoms with Crippen LogP contribution in [-0.2, 0) is 14.8 Å². The number of methoxy groups -OCH3 is 1. The van der Waals surface area contributed by atoms with Crippen LogP contribution in [0, 0.1) is 0 Å². The lowest BCUT2D eigenvalue weighted by Crippen LogP contribution is -2.27. The number of aromatic nitrogens is 1. The first kappa shape index (κ1) is 19.0. The van der Waals surface area contributed by atoms with E-state index >= 15 is 0 Å². The summed E-state index contributed by atoms with van der Waals surface area (Å²) >= 11 is 0. The summed E-state index contributed by atoms with van der Waals surface area (Å²) in [6, 6.07) is 11.4. The molecule has 0 unspecified atom stereocenters. The summed E-state index contributed by atoms with van der Waals surface area (Å²) in [6.07, 6.45) is 3.33. The maximum Gasteiger partial charge on any atom is 0.335 e. The van der Waals surface area contributed by atoms with E-state index in [4.69, 9.17) is 4.74 Å². The molecule has 0 saturated heterocycles. The molecule has 1 heterocycles. The normalized spacial score (nSPS) is 11.6. The quantitative estimate of drug-likeness (QED) is 0.605. The molecule has 2 N–H and O–H groups in total.